The van der Waals surface area contributed by atoms with Gasteiger partial charge in [-0.05, 0) is 53.0 Å². The van der Waals surface area contributed by atoms with E-state index in [0.29, 0.717) is 12.2 Å². The molecule has 27 heavy (non-hydrogen) atoms. The Morgan fingerprint density at radius 1 is 1.07 bits per heavy atom. The summed E-state index contributed by atoms with van der Waals surface area (Å²) in [7, 11) is -2.52. The van der Waals surface area contributed by atoms with Gasteiger partial charge in [0, 0.05) is 0 Å². The third kappa shape index (κ3) is 5.80. The highest BCUT2D eigenvalue weighted by Gasteiger charge is 2.37. The van der Waals surface area contributed by atoms with Crippen LogP contribution in [0.2, 0.25) is 0 Å². The normalized spacial score (nSPS) is 13.3. The lowest BCUT2D eigenvalue weighted by molar-refractivity contribution is -0.0711. The zero-order valence-corrected chi connectivity index (χ0v) is 17.8. The quantitative estimate of drug-likeness (QED) is 0.428. The SMILES string of the molecule is Cc1cc(C(C)(C)C)cc(C)c1C(=O)[P+](=O)OC(C)OCc1ccccc1. The number of hydrogen-bond donors (Lipinski definition) is 0. The smallest absolute Gasteiger partial charge is 0.344 e. The van der Waals surface area contributed by atoms with Crippen LogP contribution < -0.4 is 0 Å². The van der Waals surface area contributed by atoms with Gasteiger partial charge in [0.25, 0.3) is 0 Å². The molecule has 0 aliphatic heterocycles. The van der Waals surface area contributed by atoms with E-state index in [1.165, 1.54) is 0 Å². The van der Waals surface area contributed by atoms with Crippen molar-refractivity contribution in [3.05, 3.63) is 70.3 Å². The van der Waals surface area contributed by atoms with E-state index in [0.717, 1.165) is 22.3 Å². The van der Waals surface area contributed by atoms with Crippen molar-refractivity contribution in [2.45, 2.75) is 59.9 Å². The summed E-state index contributed by atoms with van der Waals surface area (Å²) in [5.74, 6) is 0. The minimum atomic E-state index is -2.52. The lowest BCUT2D eigenvalue weighted by atomic mass is 9.84. The number of rotatable bonds is 7. The van der Waals surface area contributed by atoms with Crippen LogP contribution >= 0.6 is 8.03 Å². The Hall–Kier alpha value is -1.87. The number of carbonyl (C=O) groups excluding carboxylic acids is 1. The Bertz CT molecular complexity index is 799. The van der Waals surface area contributed by atoms with Crippen LogP contribution in [-0.4, -0.2) is 11.8 Å². The summed E-state index contributed by atoms with van der Waals surface area (Å²) in [5, 5.41) is 0. The van der Waals surface area contributed by atoms with Crippen molar-refractivity contribution < 1.29 is 18.6 Å². The molecular formula is C22H28O4P+. The topological polar surface area (TPSA) is 52.6 Å². The van der Waals surface area contributed by atoms with Gasteiger partial charge in [0.1, 0.15) is 0 Å². The zero-order chi connectivity index (χ0) is 20.2. The van der Waals surface area contributed by atoms with E-state index in [1.54, 1.807) is 6.92 Å². The van der Waals surface area contributed by atoms with E-state index in [2.05, 4.69) is 20.8 Å². The number of ether oxygens (including phenoxy) is 1. The summed E-state index contributed by atoms with van der Waals surface area (Å²) in [5.41, 5.74) is 3.72. The van der Waals surface area contributed by atoms with Gasteiger partial charge in [-0.2, -0.15) is 0 Å². The fourth-order valence-electron chi connectivity index (χ4n) is 2.83. The summed E-state index contributed by atoms with van der Waals surface area (Å²) < 4.78 is 23.3. The van der Waals surface area contributed by atoms with Crippen LogP contribution in [0.15, 0.2) is 42.5 Å². The molecule has 144 valence electrons. The first-order valence-electron chi connectivity index (χ1n) is 9.05. The maximum atomic E-state index is 12.7. The predicted octanol–water partition coefficient (Wildman–Crippen LogP) is 6.06. The van der Waals surface area contributed by atoms with E-state index in [1.807, 2.05) is 56.3 Å². The molecule has 2 aromatic carbocycles. The highest BCUT2D eigenvalue weighted by molar-refractivity contribution is 7.60. The molecule has 2 unspecified atom stereocenters. The minimum Gasteiger partial charge on any atom is -0.344 e. The second-order valence-electron chi connectivity index (χ2n) is 7.77. The first kappa shape index (κ1) is 21.4. The second-order valence-corrected chi connectivity index (χ2v) is 8.90. The van der Waals surface area contributed by atoms with Gasteiger partial charge in [-0.3, -0.25) is 0 Å². The number of aryl methyl sites for hydroxylation is 2. The van der Waals surface area contributed by atoms with Crippen molar-refractivity contribution in [1.29, 1.82) is 0 Å². The van der Waals surface area contributed by atoms with E-state index < -0.39 is 19.8 Å². The van der Waals surface area contributed by atoms with Crippen LogP contribution in [0.1, 0.15) is 60.3 Å². The zero-order valence-electron chi connectivity index (χ0n) is 16.9. The highest BCUT2D eigenvalue weighted by atomic mass is 31.1. The van der Waals surface area contributed by atoms with Crippen molar-refractivity contribution >= 4 is 13.6 Å². The van der Waals surface area contributed by atoms with Crippen molar-refractivity contribution in [1.82, 2.24) is 0 Å². The van der Waals surface area contributed by atoms with Gasteiger partial charge < -0.3 is 4.74 Å². The molecule has 0 amide bonds. The maximum Gasteiger partial charge on any atom is 0.595 e. The third-order valence-electron chi connectivity index (χ3n) is 4.35. The van der Waals surface area contributed by atoms with Crippen LogP contribution in [0.5, 0.6) is 0 Å². The van der Waals surface area contributed by atoms with Crippen LogP contribution in [0.4, 0.5) is 0 Å². The van der Waals surface area contributed by atoms with Crippen molar-refractivity contribution in [3.8, 4) is 0 Å². The molecule has 0 radical (unpaired) electrons. The molecule has 0 aliphatic rings. The monoisotopic (exact) mass is 387 g/mol. The fourth-order valence-corrected chi connectivity index (χ4v) is 3.79. The van der Waals surface area contributed by atoms with Crippen LogP contribution in [0, 0.1) is 13.8 Å². The standard InChI is InChI=1S/C22H28O4P/c1-15-12-19(22(4,5)6)13-16(2)20(15)21(23)27(24)26-17(3)25-14-18-10-8-7-9-11-18/h7-13,17H,14H2,1-6H3/q+1. The van der Waals surface area contributed by atoms with Crippen LogP contribution in [0.25, 0.3) is 0 Å². The third-order valence-corrected chi connectivity index (χ3v) is 5.39. The van der Waals surface area contributed by atoms with Gasteiger partial charge in [-0.25, -0.2) is 4.79 Å². The van der Waals surface area contributed by atoms with Crippen LogP contribution in [0.3, 0.4) is 0 Å². The lowest BCUT2D eigenvalue weighted by Gasteiger charge is -2.21. The fraction of sp³-hybridized carbons (Fsp3) is 0.409. The minimum absolute atomic E-state index is 0.0183. The molecule has 0 saturated heterocycles. The second kappa shape index (κ2) is 8.88. The van der Waals surface area contributed by atoms with Gasteiger partial charge in [-0.15, -0.1) is 4.52 Å². The van der Waals surface area contributed by atoms with Gasteiger partial charge in [0.2, 0.25) is 6.29 Å². The van der Waals surface area contributed by atoms with Gasteiger partial charge >= 0.3 is 13.6 Å². The molecule has 5 heteroatoms. The van der Waals surface area contributed by atoms with E-state index >= 15 is 0 Å². The van der Waals surface area contributed by atoms with Crippen molar-refractivity contribution in [3.63, 3.8) is 0 Å². The molecule has 0 saturated carbocycles. The molecule has 0 bridgehead atoms. The largest absolute Gasteiger partial charge is 0.595 e. The molecule has 0 aliphatic carbocycles. The van der Waals surface area contributed by atoms with Gasteiger partial charge in [-0.1, -0.05) is 63.2 Å². The molecule has 0 spiro atoms. The molecule has 4 nitrogen and oxygen atoms in total. The van der Waals surface area contributed by atoms with E-state index in [-0.39, 0.29) is 5.41 Å². The molecular weight excluding hydrogens is 359 g/mol. The van der Waals surface area contributed by atoms with Crippen molar-refractivity contribution in [2.24, 2.45) is 0 Å². The Labute approximate surface area is 162 Å². The molecule has 0 aromatic heterocycles. The van der Waals surface area contributed by atoms with E-state index in [9.17, 15) is 9.36 Å². The summed E-state index contributed by atoms with van der Waals surface area (Å²) in [6, 6.07) is 13.6. The number of benzene rings is 2. The molecule has 2 atom stereocenters. The predicted molar refractivity (Wildman–Crippen MR) is 108 cm³/mol. The molecule has 0 N–H and O–H groups in total. The first-order valence-corrected chi connectivity index (χ1v) is 10.2. The maximum absolute atomic E-state index is 12.7. The van der Waals surface area contributed by atoms with E-state index in [4.69, 9.17) is 9.26 Å². The average molecular weight is 387 g/mol. The Kier molecular flexibility index (Phi) is 7.05. The van der Waals surface area contributed by atoms with Gasteiger partial charge in [0.05, 0.1) is 12.2 Å². The molecule has 0 heterocycles. The number of hydrogen-bond acceptors (Lipinski definition) is 4. The van der Waals surface area contributed by atoms with Crippen molar-refractivity contribution in [2.75, 3.05) is 0 Å². The van der Waals surface area contributed by atoms with Crippen LogP contribution in [-0.2, 0) is 25.8 Å². The Morgan fingerprint density at radius 3 is 2.15 bits per heavy atom. The average Bonchev–Trinajstić information content (AvgIpc) is 2.59. The molecule has 0 fully saturated rings. The summed E-state index contributed by atoms with van der Waals surface area (Å²) >= 11 is 0. The molecule has 2 rings (SSSR count). The summed E-state index contributed by atoms with van der Waals surface area (Å²) in [4.78, 5) is 12.7. The summed E-state index contributed by atoms with van der Waals surface area (Å²) in [6.07, 6.45) is -0.743. The lowest BCUT2D eigenvalue weighted by Crippen LogP contribution is -2.14. The van der Waals surface area contributed by atoms with Gasteiger partial charge in [0.15, 0.2) is 0 Å². The molecule has 2 aromatic rings. The summed E-state index contributed by atoms with van der Waals surface area (Å²) in [6.45, 7) is 12.1. The first-order chi connectivity index (χ1) is 12.6. The number of carbonyl (C=O) groups is 1. The Balaban J connectivity index is 2.05. The highest BCUT2D eigenvalue weighted by Crippen LogP contribution is 2.35. The Morgan fingerprint density at radius 2 is 1.63 bits per heavy atom.